The smallest absolute Gasteiger partial charge is 0.227 e. The number of halogens is 1. The molecule has 0 fully saturated rings. The average Bonchev–Trinajstić information content (AvgIpc) is 3.99. The van der Waals surface area contributed by atoms with E-state index in [2.05, 4.69) is 103 Å². The van der Waals surface area contributed by atoms with Gasteiger partial charge >= 0.3 is 0 Å². The van der Waals surface area contributed by atoms with Gasteiger partial charge in [0.1, 0.15) is 33.7 Å². The highest BCUT2D eigenvalue weighted by atomic mass is 19.1. The fraction of sp³-hybridized carbons (Fsp3) is 0. The maximum atomic E-state index is 14.2. The van der Waals surface area contributed by atoms with Crippen molar-refractivity contribution in [3.63, 3.8) is 0 Å². The van der Waals surface area contributed by atoms with E-state index < -0.39 is 0 Å². The maximum Gasteiger partial charge on any atom is 0.227 e. The molecule has 3 heterocycles. The third kappa shape index (κ3) is 4.41. The second-order valence-electron chi connectivity index (χ2n) is 15.1. The highest BCUT2D eigenvalue weighted by Crippen LogP contribution is 2.49. The lowest BCUT2D eigenvalue weighted by Gasteiger charge is -2.18. The van der Waals surface area contributed by atoms with Crippen molar-refractivity contribution < 1.29 is 17.6 Å². The minimum atomic E-state index is -0.281. The zero-order chi connectivity index (χ0) is 38.1. The Morgan fingerprint density at radius 3 is 1.71 bits per heavy atom. The normalized spacial score (nSPS) is 12.2. The second kappa shape index (κ2) is 11.6. The molecule has 0 radical (unpaired) electrons. The number of hydrogen-bond donors (Lipinski definition) is 0. The zero-order valence-electron chi connectivity index (χ0n) is 30.7. The number of aromatic nitrogens is 1. The van der Waals surface area contributed by atoms with Gasteiger partial charge in [0.05, 0.1) is 0 Å². The number of oxazole rings is 1. The number of benzene rings is 10. The van der Waals surface area contributed by atoms with Crippen LogP contribution in [0.25, 0.3) is 132 Å². The van der Waals surface area contributed by atoms with E-state index in [0.717, 1.165) is 115 Å². The molecule has 0 N–H and O–H groups in total. The molecule has 13 rings (SSSR count). The molecule has 0 aliphatic rings. The summed E-state index contributed by atoms with van der Waals surface area (Å²) in [5.41, 5.74) is 11.5. The zero-order valence-corrected chi connectivity index (χ0v) is 30.7. The first-order valence-electron chi connectivity index (χ1n) is 19.4. The van der Waals surface area contributed by atoms with Crippen molar-refractivity contribution in [2.45, 2.75) is 0 Å². The molecule has 0 atom stereocenters. The molecule has 0 saturated carbocycles. The molecule has 5 heteroatoms. The van der Waals surface area contributed by atoms with Crippen molar-refractivity contribution in [2.75, 3.05) is 0 Å². The molecule has 0 saturated heterocycles. The molecule has 13 aromatic rings. The van der Waals surface area contributed by atoms with Gasteiger partial charge in [-0.2, -0.15) is 0 Å². The Morgan fingerprint density at radius 2 is 0.966 bits per heavy atom. The molecule has 0 bridgehead atoms. The van der Waals surface area contributed by atoms with Gasteiger partial charge in [-0.3, -0.25) is 0 Å². The van der Waals surface area contributed by atoms with Gasteiger partial charge in [0.25, 0.3) is 0 Å². The van der Waals surface area contributed by atoms with Crippen LogP contribution >= 0.6 is 0 Å². The molecular weight excluding hydrogens is 718 g/mol. The van der Waals surface area contributed by atoms with Crippen LogP contribution in [0.5, 0.6) is 0 Å². The summed E-state index contributed by atoms with van der Waals surface area (Å²) in [5, 5.41) is 11.0. The van der Waals surface area contributed by atoms with Crippen molar-refractivity contribution >= 4 is 87.3 Å². The number of nitrogens with zero attached hydrogens (tertiary/aromatic N) is 1. The van der Waals surface area contributed by atoms with Gasteiger partial charge in [0.15, 0.2) is 5.58 Å². The number of fused-ring (bicyclic) bond motifs is 7. The molecule has 0 amide bonds. The van der Waals surface area contributed by atoms with E-state index in [1.165, 1.54) is 12.1 Å². The number of furan rings is 2. The van der Waals surface area contributed by atoms with Crippen LogP contribution in [0.15, 0.2) is 183 Å². The third-order valence-electron chi connectivity index (χ3n) is 11.9. The molecule has 0 aliphatic carbocycles. The third-order valence-corrected chi connectivity index (χ3v) is 11.9. The van der Waals surface area contributed by atoms with Crippen molar-refractivity contribution in [1.29, 1.82) is 0 Å². The van der Waals surface area contributed by atoms with Crippen molar-refractivity contribution in [3.05, 3.63) is 176 Å². The van der Waals surface area contributed by atoms with E-state index in [1.54, 1.807) is 6.07 Å². The number of rotatable bonds is 4. The van der Waals surface area contributed by atoms with Crippen LogP contribution in [0.2, 0.25) is 0 Å². The maximum absolute atomic E-state index is 14.2. The Hall–Kier alpha value is -7.76. The molecule has 10 aromatic carbocycles. The van der Waals surface area contributed by atoms with Crippen molar-refractivity contribution in [2.24, 2.45) is 0 Å². The Balaban J connectivity index is 1.12. The van der Waals surface area contributed by atoms with Gasteiger partial charge < -0.3 is 13.3 Å². The fourth-order valence-electron chi connectivity index (χ4n) is 9.34. The molecule has 0 spiro atoms. The van der Waals surface area contributed by atoms with Gasteiger partial charge in [0, 0.05) is 38.2 Å². The minimum Gasteiger partial charge on any atom is -0.455 e. The lowest BCUT2D eigenvalue weighted by Crippen LogP contribution is -1.93. The summed E-state index contributed by atoms with van der Waals surface area (Å²) < 4.78 is 34.1. The van der Waals surface area contributed by atoms with Crippen molar-refractivity contribution in [1.82, 2.24) is 4.98 Å². The molecule has 58 heavy (non-hydrogen) atoms. The first-order chi connectivity index (χ1) is 28.6. The Morgan fingerprint density at radius 1 is 0.362 bits per heavy atom. The SMILES string of the molecule is Fc1cccc(-c2ccc3oc(-c4cc(-c5cccc6c5oc5ccccc56)c5ccc6ccc(-c7cccc8c7oc7ccccc78)c7ccc4c5c67)nc3c2)c1. The highest BCUT2D eigenvalue weighted by molar-refractivity contribution is 6.31. The van der Waals surface area contributed by atoms with Gasteiger partial charge in [-0.15, -0.1) is 0 Å². The topological polar surface area (TPSA) is 52.3 Å². The average molecular weight is 746 g/mol. The lowest BCUT2D eigenvalue weighted by molar-refractivity contribution is 0.620. The predicted octanol–water partition coefficient (Wildman–Crippen LogP) is 15.3. The summed E-state index contributed by atoms with van der Waals surface area (Å²) in [4.78, 5) is 5.13. The standard InChI is InChI=1S/C53H28FNO3/c54-32-9-5-8-30(26-32)31-20-25-48-45(27-31)55-53(58-48)44-28-43(42-15-7-14-41-35-11-2-4-17-47(35)57-52(41)42)37-22-19-29-18-21-33(36-23-24-38(44)50(37)49(29)36)39-12-6-13-40-34-10-1-3-16-46(34)56-51(39)40/h1-28H. The van der Waals surface area contributed by atoms with E-state index in [4.69, 9.17) is 18.2 Å². The van der Waals surface area contributed by atoms with Gasteiger partial charge in [0.2, 0.25) is 5.89 Å². The van der Waals surface area contributed by atoms with E-state index >= 15 is 0 Å². The van der Waals surface area contributed by atoms with Crippen molar-refractivity contribution in [3.8, 4) is 44.8 Å². The van der Waals surface area contributed by atoms with E-state index in [9.17, 15) is 4.39 Å². The fourth-order valence-corrected chi connectivity index (χ4v) is 9.34. The Kier molecular flexibility index (Phi) is 6.31. The Bertz CT molecular complexity index is 3830. The first-order valence-corrected chi connectivity index (χ1v) is 19.4. The Labute approximate surface area is 329 Å². The summed E-state index contributed by atoms with van der Waals surface area (Å²) >= 11 is 0. The number of para-hydroxylation sites is 4. The van der Waals surface area contributed by atoms with Crippen LogP contribution in [-0.4, -0.2) is 4.98 Å². The van der Waals surface area contributed by atoms with Gasteiger partial charge in [-0.05, 0) is 97.0 Å². The van der Waals surface area contributed by atoms with Crippen LogP contribution in [0.1, 0.15) is 0 Å². The molecule has 270 valence electrons. The molecule has 3 aromatic heterocycles. The van der Waals surface area contributed by atoms with Crippen LogP contribution in [0, 0.1) is 5.82 Å². The summed E-state index contributed by atoms with van der Waals surface area (Å²) in [6.07, 6.45) is 0. The minimum absolute atomic E-state index is 0.281. The summed E-state index contributed by atoms with van der Waals surface area (Å²) in [6, 6.07) is 57.2. The molecule has 0 aliphatic heterocycles. The quantitative estimate of drug-likeness (QED) is 0.168. The lowest BCUT2D eigenvalue weighted by atomic mass is 9.85. The van der Waals surface area contributed by atoms with Gasteiger partial charge in [-0.1, -0.05) is 127 Å². The molecular formula is C53H28FNO3. The molecule has 4 nitrogen and oxygen atoms in total. The van der Waals surface area contributed by atoms with E-state index in [1.807, 2.05) is 48.5 Å². The predicted molar refractivity (Wildman–Crippen MR) is 234 cm³/mol. The van der Waals surface area contributed by atoms with Crippen LogP contribution < -0.4 is 0 Å². The first kappa shape index (κ1) is 31.4. The highest BCUT2D eigenvalue weighted by Gasteiger charge is 2.24. The van der Waals surface area contributed by atoms with Crippen LogP contribution in [0.3, 0.4) is 0 Å². The summed E-state index contributed by atoms with van der Waals surface area (Å²) in [6.45, 7) is 0. The van der Waals surface area contributed by atoms with E-state index in [0.29, 0.717) is 17.0 Å². The monoisotopic (exact) mass is 745 g/mol. The molecule has 0 unspecified atom stereocenters. The summed E-state index contributed by atoms with van der Waals surface area (Å²) in [5.74, 6) is 0.228. The van der Waals surface area contributed by atoms with Crippen LogP contribution in [0.4, 0.5) is 4.39 Å². The second-order valence-corrected chi connectivity index (χ2v) is 15.1. The van der Waals surface area contributed by atoms with E-state index in [-0.39, 0.29) is 5.82 Å². The summed E-state index contributed by atoms with van der Waals surface area (Å²) in [7, 11) is 0. The van der Waals surface area contributed by atoms with Crippen LogP contribution in [-0.2, 0) is 0 Å². The number of hydrogen-bond acceptors (Lipinski definition) is 4. The van der Waals surface area contributed by atoms with Gasteiger partial charge in [-0.25, -0.2) is 9.37 Å². The largest absolute Gasteiger partial charge is 0.455 e.